The van der Waals surface area contributed by atoms with Gasteiger partial charge in [0.25, 0.3) is 5.91 Å². The molecule has 0 saturated heterocycles. The maximum atomic E-state index is 11.9. The lowest BCUT2D eigenvalue weighted by Gasteiger charge is -2.24. The smallest absolute Gasteiger partial charge is 0.265 e. The molecule has 0 radical (unpaired) electrons. The van der Waals surface area contributed by atoms with Gasteiger partial charge in [-0.05, 0) is 17.7 Å². The van der Waals surface area contributed by atoms with E-state index in [1.165, 1.54) is 18.4 Å². The Morgan fingerprint density at radius 3 is 3.00 bits per heavy atom. The monoisotopic (exact) mass is 362 g/mol. The van der Waals surface area contributed by atoms with E-state index in [1.54, 1.807) is 6.20 Å². The molecule has 0 bridgehead atoms. The highest BCUT2D eigenvalue weighted by Crippen LogP contribution is 2.30. The summed E-state index contributed by atoms with van der Waals surface area (Å²) in [4.78, 5) is 28.9. The first-order valence-electron chi connectivity index (χ1n) is 7.28. The van der Waals surface area contributed by atoms with Crippen LogP contribution in [0.4, 0.5) is 0 Å². The van der Waals surface area contributed by atoms with Crippen molar-refractivity contribution in [2.24, 2.45) is 10.8 Å². The van der Waals surface area contributed by atoms with Crippen molar-refractivity contribution in [1.82, 2.24) is 9.99 Å². The number of amides is 2. The number of benzene rings is 1. The molecule has 0 fully saturated rings. The zero-order chi connectivity index (χ0) is 17.3. The fraction of sp³-hybridized carbons (Fsp3) is 0.250. The van der Waals surface area contributed by atoms with Crippen LogP contribution in [-0.2, 0) is 16.0 Å². The Balaban J connectivity index is 1.85. The van der Waals surface area contributed by atoms with Gasteiger partial charge in [-0.2, -0.15) is 5.10 Å². The summed E-state index contributed by atoms with van der Waals surface area (Å²) in [5.74, 6) is -1.29. The topological polar surface area (TPSA) is 88.7 Å². The van der Waals surface area contributed by atoms with Crippen LogP contribution < -0.4 is 5.73 Å². The van der Waals surface area contributed by atoms with Crippen LogP contribution in [0.2, 0.25) is 5.02 Å². The Kier molecular flexibility index (Phi) is 4.64. The second-order valence-electron chi connectivity index (χ2n) is 5.50. The number of aromatic nitrogens is 1. The first kappa shape index (κ1) is 16.6. The van der Waals surface area contributed by atoms with Crippen LogP contribution in [0, 0.1) is 0 Å². The van der Waals surface area contributed by atoms with Crippen LogP contribution >= 0.6 is 22.9 Å². The first-order valence-corrected chi connectivity index (χ1v) is 8.47. The van der Waals surface area contributed by atoms with Gasteiger partial charge >= 0.3 is 0 Å². The van der Waals surface area contributed by atoms with Gasteiger partial charge < -0.3 is 5.73 Å². The summed E-state index contributed by atoms with van der Waals surface area (Å²) in [6.45, 7) is 0. The average molecular weight is 363 g/mol. The van der Waals surface area contributed by atoms with Crippen LogP contribution in [0.25, 0.3) is 0 Å². The van der Waals surface area contributed by atoms with Crippen LogP contribution in [0.3, 0.4) is 0 Å². The molecule has 6 nitrogen and oxygen atoms in total. The fourth-order valence-corrected chi connectivity index (χ4v) is 3.80. The maximum Gasteiger partial charge on any atom is 0.265 e. The van der Waals surface area contributed by atoms with Crippen molar-refractivity contribution in [1.29, 1.82) is 0 Å². The van der Waals surface area contributed by atoms with E-state index in [0.29, 0.717) is 16.5 Å². The molecule has 0 spiro atoms. The Hall–Kier alpha value is -2.25. The zero-order valence-corrected chi connectivity index (χ0v) is 14.5. The summed E-state index contributed by atoms with van der Waals surface area (Å²) in [6.07, 6.45) is 2.58. The SMILES string of the molecule is CN1N=C(C(N)=O)C(c2ncc(Cc3cccc(Cl)c3)s2)CC1=O. The van der Waals surface area contributed by atoms with E-state index in [-0.39, 0.29) is 18.0 Å². The quantitative estimate of drug-likeness (QED) is 0.903. The van der Waals surface area contributed by atoms with E-state index in [9.17, 15) is 9.59 Å². The van der Waals surface area contributed by atoms with Gasteiger partial charge in [-0.25, -0.2) is 9.99 Å². The van der Waals surface area contributed by atoms with Crippen LogP contribution in [0.5, 0.6) is 0 Å². The van der Waals surface area contributed by atoms with Gasteiger partial charge in [0.1, 0.15) is 10.7 Å². The molecule has 2 amide bonds. The minimum atomic E-state index is -0.633. The summed E-state index contributed by atoms with van der Waals surface area (Å²) < 4.78 is 0. The third-order valence-electron chi connectivity index (χ3n) is 3.72. The molecule has 1 unspecified atom stereocenters. The second-order valence-corrected chi connectivity index (χ2v) is 7.08. The molecule has 2 aromatic rings. The molecular formula is C16H15ClN4O2S. The molecular weight excluding hydrogens is 348 g/mol. The van der Waals surface area contributed by atoms with Crippen molar-refractivity contribution >= 4 is 40.5 Å². The minimum Gasteiger partial charge on any atom is -0.364 e. The number of primary amides is 1. The molecule has 1 aliphatic rings. The van der Waals surface area contributed by atoms with Crippen molar-refractivity contribution in [3.8, 4) is 0 Å². The van der Waals surface area contributed by atoms with Gasteiger partial charge in [-0.3, -0.25) is 9.59 Å². The number of thiazole rings is 1. The highest BCUT2D eigenvalue weighted by atomic mass is 35.5. The summed E-state index contributed by atoms with van der Waals surface area (Å²) >= 11 is 7.45. The van der Waals surface area contributed by atoms with Crippen LogP contribution in [-0.4, -0.2) is 34.6 Å². The number of hydrogen-bond acceptors (Lipinski definition) is 5. The predicted octanol–water partition coefficient (Wildman–Crippen LogP) is 2.17. The van der Waals surface area contributed by atoms with Crippen molar-refractivity contribution in [2.45, 2.75) is 18.8 Å². The molecule has 24 heavy (non-hydrogen) atoms. The van der Waals surface area contributed by atoms with Crippen LogP contribution in [0.15, 0.2) is 35.6 Å². The van der Waals surface area contributed by atoms with Gasteiger partial charge in [0.15, 0.2) is 0 Å². The van der Waals surface area contributed by atoms with Gasteiger partial charge in [0.05, 0.1) is 5.92 Å². The number of rotatable bonds is 4. The van der Waals surface area contributed by atoms with E-state index in [2.05, 4.69) is 10.1 Å². The molecule has 1 atom stereocenters. The average Bonchev–Trinajstić information content (AvgIpc) is 2.97. The summed E-state index contributed by atoms with van der Waals surface area (Å²) in [5.41, 5.74) is 6.64. The Morgan fingerprint density at radius 2 is 2.29 bits per heavy atom. The minimum absolute atomic E-state index is 0.141. The second kappa shape index (κ2) is 6.70. The Labute approximate surface area is 147 Å². The molecule has 2 heterocycles. The molecule has 0 aliphatic carbocycles. The fourth-order valence-electron chi connectivity index (χ4n) is 2.53. The molecule has 124 valence electrons. The molecule has 8 heteroatoms. The Morgan fingerprint density at radius 1 is 1.50 bits per heavy atom. The lowest BCUT2D eigenvalue weighted by atomic mass is 9.97. The van der Waals surface area contributed by atoms with Gasteiger partial charge in [0, 0.05) is 36.0 Å². The zero-order valence-electron chi connectivity index (χ0n) is 12.9. The van der Waals surface area contributed by atoms with E-state index in [1.807, 2.05) is 24.3 Å². The summed E-state index contributed by atoms with van der Waals surface area (Å²) in [6, 6.07) is 7.60. The number of hydrogen-bond donors (Lipinski definition) is 1. The summed E-state index contributed by atoms with van der Waals surface area (Å²) in [5, 5.41) is 6.50. The number of nitrogens with zero attached hydrogens (tertiary/aromatic N) is 3. The Bertz CT molecular complexity index is 833. The standard InChI is InChI=1S/C16H15ClN4O2S/c1-21-13(22)7-12(14(20-21)15(18)23)16-19-8-11(24-16)6-9-3-2-4-10(17)5-9/h2-5,8,12H,6-7H2,1H3,(H2,18,23). The molecule has 1 aromatic carbocycles. The number of hydrazone groups is 1. The van der Waals surface area contributed by atoms with Crippen molar-refractivity contribution in [3.63, 3.8) is 0 Å². The molecule has 1 aliphatic heterocycles. The molecule has 2 N–H and O–H groups in total. The number of nitrogens with two attached hydrogens (primary N) is 1. The highest BCUT2D eigenvalue weighted by molar-refractivity contribution is 7.11. The van der Waals surface area contributed by atoms with Crippen molar-refractivity contribution < 1.29 is 9.59 Å². The lowest BCUT2D eigenvalue weighted by molar-refractivity contribution is -0.130. The van der Waals surface area contributed by atoms with E-state index in [0.717, 1.165) is 15.4 Å². The summed E-state index contributed by atoms with van der Waals surface area (Å²) in [7, 11) is 1.51. The van der Waals surface area contributed by atoms with Crippen molar-refractivity contribution in [3.05, 3.63) is 50.9 Å². The van der Waals surface area contributed by atoms with E-state index >= 15 is 0 Å². The molecule has 3 rings (SSSR count). The number of carbonyl (C=O) groups excluding carboxylic acids is 2. The first-order chi connectivity index (χ1) is 11.4. The van der Waals surface area contributed by atoms with E-state index in [4.69, 9.17) is 17.3 Å². The van der Waals surface area contributed by atoms with Gasteiger partial charge in [-0.1, -0.05) is 23.7 Å². The highest BCUT2D eigenvalue weighted by Gasteiger charge is 2.33. The normalized spacial score (nSPS) is 17.8. The largest absolute Gasteiger partial charge is 0.364 e. The van der Waals surface area contributed by atoms with Crippen molar-refractivity contribution in [2.75, 3.05) is 7.05 Å². The van der Waals surface area contributed by atoms with Gasteiger partial charge in [0.2, 0.25) is 5.91 Å². The van der Waals surface area contributed by atoms with E-state index < -0.39 is 11.8 Å². The third-order valence-corrected chi connectivity index (χ3v) is 5.06. The molecule has 0 saturated carbocycles. The van der Waals surface area contributed by atoms with Gasteiger partial charge in [-0.15, -0.1) is 11.3 Å². The lowest BCUT2D eigenvalue weighted by Crippen LogP contribution is -2.39. The third kappa shape index (κ3) is 3.47. The maximum absolute atomic E-state index is 11.9. The number of carbonyl (C=O) groups is 2. The molecule has 1 aromatic heterocycles. The van der Waals surface area contributed by atoms with Crippen LogP contribution in [0.1, 0.15) is 27.8 Å². The number of halogens is 1. The predicted molar refractivity (Wildman–Crippen MR) is 93.1 cm³/mol.